The van der Waals surface area contributed by atoms with Gasteiger partial charge in [-0.25, -0.2) is 0 Å². The van der Waals surface area contributed by atoms with Crippen LogP contribution in [0.4, 0.5) is 0 Å². The van der Waals surface area contributed by atoms with Gasteiger partial charge in [-0.2, -0.15) is 4.57 Å². The van der Waals surface area contributed by atoms with Crippen molar-refractivity contribution in [3.63, 3.8) is 0 Å². The minimum absolute atomic E-state index is 0.812. The van der Waals surface area contributed by atoms with Crippen molar-refractivity contribution in [3.8, 4) is 0 Å². The van der Waals surface area contributed by atoms with Gasteiger partial charge in [-0.15, -0.1) is 0 Å². The molecule has 0 saturated carbocycles. The molecule has 0 atom stereocenters. The third-order valence-electron chi connectivity index (χ3n) is 3.11. The summed E-state index contributed by atoms with van der Waals surface area (Å²) in [5.74, 6) is 0. The zero-order valence-corrected chi connectivity index (χ0v) is 10.9. The Morgan fingerprint density at radius 3 is 2.72 bits per heavy atom. The number of fused-ring (bicyclic) bond motifs is 1. The lowest BCUT2D eigenvalue weighted by Gasteiger charge is -1.97. The lowest BCUT2D eigenvalue weighted by Crippen LogP contribution is -2.33. The van der Waals surface area contributed by atoms with Crippen molar-refractivity contribution in [3.05, 3.63) is 65.1 Å². The van der Waals surface area contributed by atoms with Crippen LogP contribution in [0.25, 0.3) is 10.9 Å². The Morgan fingerprint density at radius 2 is 1.94 bits per heavy atom. The van der Waals surface area contributed by atoms with Gasteiger partial charge in [0.2, 0.25) is 0 Å². The molecule has 3 heteroatoms. The highest BCUT2D eigenvalue weighted by molar-refractivity contribution is 6.36. The molecule has 2 aromatic heterocycles. The first kappa shape index (κ1) is 11.3. The van der Waals surface area contributed by atoms with Crippen molar-refractivity contribution in [2.75, 3.05) is 0 Å². The molecule has 0 saturated heterocycles. The molecule has 1 aromatic carbocycles. The Balaban J connectivity index is 2.01. The lowest BCUT2D eigenvalue weighted by molar-refractivity contribution is -0.687. The number of hydrogen-bond acceptors (Lipinski definition) is 0. The minimum Gasteiger partial charge on any atom is -0.357 e. The average molecular weight is 258 g/mol. The van der Waals surface area contributed by atoms with Crippen LogP contribution in [-0.2, 0) is 6.54 Å². The van der Waals surface area contributed by atoms with Crippen LogP contribution in [0.5, 0.6) is 0 Å². The van der Waals surface area contributed by atoms with E-state index >= 15 is 0 Å². The fourth-order valence-corrected chi connectivity index (χ4v) is 2.37. The van der Waals surface area contributed by atoms with E-state index < -0.39 is 0 Å². The molecule has 18 heavy (non-hydrogen) atoms. The number of hydrogen-bond donors (Lipinski definition) is 1. The molecule has 1 N–H and O–H groups in total. The molecular formula is C15H14ClN2+. The van der Waals surface area contributed by atoms with Gasteiger partial charge in [0.05, 0.1) is 15.9 Å². The van der Waals surface area contributed by atoms with Gasteiger partial charge in [0.15, 0.2) is 18.9 Å². The van der Waals surface area contributed by atoms with Crippen LogP contribution in [0.3, 0.4) is 0 Å². The third kappa shape index (κ3) is 2.00. The van der Waals surface area contributed by atoms with E-state index in [1.165, 1.54) is 5.56 Å². The summed E-state index contributed by atoms with van der Waals surface area (Å²) in [7, 11) is 0. The first-order valence-electron chi connectivity index (χ1n) is 5.95. The van der Waals surface area contributed by atoms with Crippen molar-refractivity contribution in [1.29, 1.82) is 0 Å². The topological polar surface area (TPSA) is 19.7 Å². The van der Waals surface area contributed by atoms with E-state index in [2.05, 4.69) is 52.3 Å². The number of rotatable bonds is 2. The summed E-state index contributed by atoms with van der Waals surface area (Å²) in [4.78, 5) is 3.27. The van der Waals surface area contributed by atoms with E-state index in [1.54, 1.807) is 0 Å². The normalized spacial score (nSPS) is 11.0. The first-order chi connectivity index (χ1) is 8.74. The van der Waals surface area contributed by atoms with Gasteiger partial charge >= 0.3 is 0 Å². The van der Waals surface area contributed by atoms with Gasteiger partial charge in [-0.1, -0.05) is 41.9 Å². The van der Waals surface area contributed by atoms with Gasteiger partial charge in [-0.3, -0.25) is 0 Å². The zero-order chi connectivity index (χ0) is 12.5. The Bertz CT molecular complexity index is 686. The lowest BCUT2D eigenvalue weighted by atomic mass is 10.2. The number of pyridine rings is 1. The van der Waals surface area contributed by atoms with Crippen molar-refractivity contribution < 1.29 is 4.57 Å². The summed E-state index contributed by atoms with van der Waals surface area (Å²) in [6.45, 7) is 2.85. The predicted octanol–water partition coefficient (Wildman–Crippen LogP) is 3.47. The molecule has 0 radical (unpaired) electrons. The smallest absolute Gasteiger partial charge is 0.180 e. The summed E-state index contributed by atoms with van der Waals surface area (Å²) in [5, 5.41) is 1.89. The van der Waals surface area contributed by atoms with Crippen LogP contribution in [0, 0.1) is 6.92 Å². The maximum Gasteiger partial charge on any atom is 0.180 e. The number of nitrogens with one attached hydrogen (secondary N) is 1. The number of nitrogens with zero attached hydrogens (tertiary/aromatic N) is 1. The van der Waals surface area contributed by atoms with E-state index in [-0.39, 0.29) is 0 Å². The molecule has 2 heterocycles. The summed E-state index contributed by atoms with van der Waals surface area (Å²) in [6, 6.07) is 12.5. The maximum absolute atomic E-state index is 6.27. The van der Waals surface area contributed by atoms with Crippen LogP contribution < -0.4 is 4.57 Å². The van der Waals surface area contributed by atoms with Crippen LogP contribution in [0.2, 0.25) is 5.02 Å². The highest BCUT2D eigenvalue weighted by atomic mass is 35.5. The second-order valence-corrected chi connectivity index (χ2v) is 4.87. The summed E-state index contributed by atoms with van der Waals surface area (Å²) >= 11 is 6.27. The van der Waals surface area contributed by atoms with Crippen LogP contribution in [0.15, 0.2) is 48.8 Å². The molecule has 3 rings (SSSR count). The number of halogens is 1. The minimum atomic E-state index is 0.812. The molecular weight excluding hydrogens is 244 g/mol. The molecule has 3 aromatic rings. The first-order valence-corrected chi connectivity index (χ1v) is 6.32. The largest absolute Gasteiger partial charge is 0.357 e. The number of aromatic amines is 1. The molecule has 0 unspecified atom stereocenters. The Kier molecular flexibility index (Phi) is 2.80. The quantitative estimate of drug-likeness (QED) is 0.679. The molecule has 0 aliphatic rings. The predicted molar refractivity (Wildman–Crippen MR) is 73.8 cm³/mol. The molecule has 0 aliphatic heterocycles. The Hall–Kier alpha value is -1.80. The van der Waals surface area contributed by atoms with E-state index in [0.717, 1.165) is 28.2 Å². The zero-order valence-electron chi connectivity index (χ0n) is 10.2. The van der Waals surface area contributed by atoms with E-state index in [1.807, 2.05) is 13.0 Å². The highest BCUT2D eigenvalue weighted by Crippen LogP contribution is 2.25. The fourth-order valence-electron chi connectivity index (χ4n) is 2.17. The highest BCUT2D eigenvalue weighted by Gasteiger charge is 2.11. The Morgan fingerprint density at radius 1 is 1.17 bits per heavy atom. The summed E-state index contributed by atoms with van der Waals surface area (Å²) in [5.41, 5.74) is 3.39. The number of H-pyrrole nitrogens is 1. The number of aromatic nitrogens is 2. The van der Waals surface area contributed by atoms with E-state index in [9.17, 15) is 0 Å². The number of aryl methyl sites for hydroxylation is 1. The van der Waals surface area contributed by atoms with Crippen molar-refractivity contribution in [1.82, 2.24) is 4.98 Å². The fraction of sp³-hybridized carbons (Fsp3) is 0.133. The maximum atomic E-state index is 6.27. The molecule has 0 fully saturated rings. The van der Waals surface area contributed by atoms with Crippen LogP contribution >= 0.6 is 11.6 Å². The molecule has 0 aliphatic carbocycles. The van der Waals surface area contributed by atoms with Gasteiger partial charge < -0.3 is 4.98 Å². The summed E-state index contributed by atoms with van der Waals surface area (Å²) in [6.07, 6.45) is 4.16. The third-order valence-corrected chi connectivity index (χ3v) is 3.60. The van der Waals surface area contributed by atoms with Gasteiger partial charge in [0, 0.05) is 17.3 Å². The van der Waals surface area contributed by atoms with Gasteiger partial charge in [0.1, 0.15) is 0 Å². The monoisotopic (exact) mass is 257 g/mol. The van der Waals surface area contributed by atoms with Crippen molar-refractivity contribution in [2.45, 2.75) is 13.5 Å². The van der Waals surface area contributed by atoms with E-state index in [4.69, 9.17) is 11.6 Å². The van der Waals surface area contributed by atoms with E-state index in [0.29, 0.717) is 0 Å². The summed E-state index contributed by atoms with van der Waals surface area (Å²) < 4.78 is 2.15. The standard InChI is InChI=1S/C15H13ClN2/c1-11-15(16)13-10-18(8-7-14(13)17-11)9-12-5-3-2-4-6-12/h2-8,10H,9H2,1H3/p+1. The second kappa shape index (κ2) is 4.46. The van der Waals surface area contributed by atoms with Crippen molar-refractivity contribution in [2.24, 2.45) is 0 Å². The average Bonchev–Trinajstić information content (AvgIpc) is 2.67. The molecule has 2 nitrogen and oxygen atoms in total. The van der Waals surface area contributed by atoms with Crippen LogP contribution in [-0.4, -0.2) is 4.98 Å². The number of benzene rings is 1. The molecule has 0 amide bonds. The van der Waals surface area contributed by atoms with Gasteiger partial charge in [0.25, 0.3) is 0 Å². The molecule has 0 spiro atoms. The molecule has 90 valence electrons. The Labute approximate surface area is 111 Å². The van der Waals surface area contributed by atoms with Gasteiger partial charge in [-0.05, 0) is 6.92 Å². The van der Waals surface area contributed by atoms with Crippen LogP contribution in [0.1, 0.15) is 11.3 Å². The van der Waals surface area contributed by atoms with Crippen molar-refractivity contribution >= 4 is 22.5 Å². The SMILES string of the molecule is Cc1[nH]c2cc[n+](Cc3ccccc3)cc2c1Cl. The molecule has 0 bridgehead atoms. The second-order valence-electron chi connectivity index (χ2n) is 4.49.